The molecular weight excluding hydrogens is 415 g/mol. The molecule has 0 bridgehead atoms. The number of nitrogens with zero attached hydrogens (tertiary/aromatic N) is 2. The van der Waals surface area contributed by atoms with E-state index in [-0.39, 0.29) is 29.1 Å². The van der Waals surface area contributed by atoms with Crippen LogP contribution >= 0.6 is 0 Å². The first kappa shape index (κ1) is 20.8. The van der Waals surface area contributed by atoms with Crippen molar-refractivity contribution in [2.24, 2.45) is 0 Å². The lowest BCUT2D eigenvalue weighted by molar-refractivity contribution is -0.157. The fraction of sp³-hybridized carbons (Fsp3) is 0.375. The number of hydrogen-bond acceptors (Lipinski definition) is 6. The van der Waals surface area contributed by atoms with Crippen LogP contribution in [0.1, 0.15) is 46.8 Å². The first-order valence-electron chi connectivity index (χ1n) is 10.6. The Kier molecular flexibility index (Phi) is 5.06. The van der Waals surface area contributed by atoms with E-state index < -0.39 is 12.1 Å². The van der Waals surface area contributed by atoms with Crippen molar-refractivity contribution in [1.29, 1.82) is 0 Å². The molecule has 0 radical (unpaired) electrons. The number of unbranched alkanes of at least 4 members (excludes halogenated alkanes) is 1. The van der Waals surface area contributed by atoms with Crippen LogP contribution < -0.4 is 5.56 Å². The minimum absolute atomic E-state index is 0.161. The summed E-state index contributed by atoms with van der Waals surface area (Å²) >= 11 is 0. The van der Waals surface area contributed by atoms with Crippen LogP contribution in [0.4, 0.5) is 4.39 Å². The van der Waals surface area contributed by atoms with E-state index in [1.54, 1.807) is 24.7 Å². The SMILES string of the molecule is COCCCCc1c(C)c(F)cc2nc3c(cc12)Cn1c-3cc2c(c1=O)COC(=O)C2O. The average Bonchev–Trinajstić information content (AvgIpc) is 3.13. The van der Waals surface area contributed by atoms with Gasteiger partial charge in [0.15, 0.2) is 6.10 Å². The molecule has 3 aromatic rings. The standard InChI is InChI=1S/C24H23FN2O5/c1-12-14(5-3-4-6-31-2)15-7-13-10-27-20(21(13)26-19(15)9-18(12)25)8-16-17(23(27)29)11-32-24(30)22(16)28/h7-9,22,28H,3-6,10-11H2,1-2H3. The van der Waals surface area contributed by atoms with Crippen LogP contribution in [0.3, 0.4) is 0 Å². The molecule has 4 heterocycles. The maximum atomic E-state index is 14.7. The molecule has 0 aliphatic carbocycles. The Morgan fingerprint density at radius 3 is 2.88 bits per heavy atom. The van der Waals surface area contributed by atoms with Gasteiger partial charge in [-0.1, -0.05) is 0 Å². The summed E-state index contributed by atoms with van der Waals surface area (Å²) in [5.41, 5.74) is 4.20. The number of ether oxygens (including phenoxy) is 2. The number of rotatable bonds is 5. The van der Waals surface area contributed by atoms with Gasteiger partial charge in [0, 0.05) is 36.3 Å². The van der Waals surface area contributed by atoms with Gasteiger partial charge in [0.05, 0.1) is 29.0 Å². The summed E-state index contributed by atoms with van der Waals surface area (Å²) in [6, 6.07) is 5.04. The Hall–Kier alpha value is -3.10. The van der Waals surface area contributed by atoms with E-state index >= 15 is 0 Å². The van der Waals surface area contributed by atoms with E-state index in [4.69, 9.17) is 14.5 Å². The molecule has 1 N–H and O–H groups in total. The summed E-state index contributed by atoms with van der Waals surface area (Å²) in [6.07, 6.45) is 0.946. The molecule has 166 valence electrons. The summed E-state index contributed by atoms with van der Waals surface area (Å²) < 4.78 is 26.3. The Balaban J connectivity index is 1.64. The Labute approximate surface area is 183 Å². The van der Waals surface area contributed by atoms with Gasteiger partial charge < -0.3 is 19.1 Å². The highest BCUT2D eigenvalue weighted by atomic mass is 19.1. The zero-order valence-electron chi connectivity index (χ0n) is 17.9. The molecule has 2 aliphatic heterocycles. The highest BCUT2D eigenvalue weighted by Crippen LogP contribution is 2.37. The predicted molar refractivity (Wildman–Crippen MR) is 115 cm³/mol. The Bertz CT molecular complexity index is 1330. The molecule has 0 spiro atoms. The quantitative estimate of drug-likeness (QED) is 0.381. The van der Waals surface area contributed by atoms with Gasteiger partial charge in [-0.15, -0.1) is 0 Å². The molecule has 2 aromatic heterocycles. The number of carbonyl (C=O) groups is 1. The van der Waals surface area contributed by atoms with Gasteiger partial charge in [0.2, 0.25) is 0 Å². The molecule has 1 aromatic carbocycles. The van der Waals surface area contributed by atoms with Crippen LogP contribution in [0.15, 0.2) is 23.0 Å². The predicted octanol–water partition coefficient (Wildman–Crippen LogP) is 2.93. The normalized spacial score (nSPS) is 16.6. The van der Waals surface area contributed by atoms with Crippen molar-refractivity contribution in [3.8, 4) is 11.4 Å². The van der Waals surface area contributed by atoms with Gasteiger partial charge in [-0.3, -0.25) is 4.79 Å². The van der Waals surface area contributed by atoms with Gasteiger partial charge in [-0.25, -0.2) is 14.2 Å². The number of esters is 1. The number of halogens is 1. The second-order valence-electron chi connectivity index (χ2n) is 8.34. The number of aliphatic hydroxyl groups excluding tert-OH is 1. The minimum Gasteiger partial charge on any atom is -0.458 e. The molecule has 1 unspecified atom stereocenters. The maximum Gasteiger partial charge on any atom is 0.340 e. The van der Waals surface area contributed by atoms with Gasteiger partial charge >= 0.3 is 5.97 Å². The summed E-state index contributed by atoms with van der Waals surface area (Å²) in [5.74, 6) is -1.09. The zero-order valence-corrected chi connectivity index (χ0v) is 17.9. The molecule has 7 nitrogen and oxygen atoms in total. The van der Waals surface area contributed by atoms with Gasteiger partial charge in [-0.05, 0) is 49.4 Å². The fourth-order valence-corrected chi connectivity index (χ4v) is 4.68. The van der Waals surface area contributed by atoms with Crippen molar-refractivity contribution in [1.82, 2.24) is 9.55 Å². The number of cyclic esters (lactones) is 1. The number of benzene rings is 1. The molecule has 5 rings (SSSR count). The van der Waals surface area contributed by atoms with Crippen LogP contribution in [0.2, 0.25) is 0 Å². The average molecular weight is 438 g/mol. The lowest BCUT2D eigenvalue weighted by Gasteiger charge is -2.21. The highest BCUT2D eigenvalue weighted by Gasteiger charge is 2.33. The second kappa shape index (κ2) is 7.79. The molecule has 0 fully saturated rings. The van der Waals surface area contributed by atoms with Crippen LogP contribution in [0.25, 0.3) is 22.3 Å². The van der Waals surface area contributed by atoms with E-state index in [0.717, 1.165) is 29.4 Å². The lowest BCUT2D eigenvalue weighted by Crippen LogP contribution is -2.32. The maximum absolute atomic E-state index is 14.7. The van der Waals surface area contributed by atoms with Gasteiger partial charge in [0.1, 0.15) is 12.4 Å². The van der Waals surface area contributed by atoms with Crippen molar-refractivity contribution >= 4 is 16.9 Å². The van der Waals surface area contributed by atoms with Crippen molar-refractivity contribution in [3.63, 3.8) is 0 Å². The van der Waals surface area contributed by atoms with Crippen molar-refractivity contribution in [2.45, 2.75) is 45.4 Å². The number of aryl methyl sites for hydroxylation is 1. The van der Waals surface area contributed by atoms with Gasteiger partial charge in [0.25, 0.3) is 5.56 Å². The first-order chi connectivity index (χ1) is 15.4. The largest absolute Gasteiger partial charge is 0.458 e. The van der Waals surface area contributed by atoms with E-state index in [9.17, 15) is 19.1 Å². The first-order valence-corrected chi connectivity index (χ1v) is 10.6. The molecule has 32 heavy (non-hydrogen) atoms. The highest BCUT2D eigenvalue weighted by molar-refractivity contribution is 5.88. The number of aliphatic hydroxyl groups is 1. The summed E-state index contributed by atoms with van der Waals surface area (Å²) in [4.78, 5) is 29.6. The zero-order chi connectivity index (χ0) is 22.6. The van der Waals surface area contributed by atoms with E-state index in [1.165, 1.54) is 6.07 Å². The number of fused-ring (bicyclic) bond motifs is 5. The molecule has 8 heteroatoms. The van der Waals surface area contributed by atoms with Crippen LogP contribution in [0, 0.1) is 12.7 Å². The van der Waals surface area contributed by atoms with Crippen LogP contribution in [0.5, 0.6) is 0 Å². The molecule has 1 atom stereocenters. The second-order valence-corrected chi connectivity index (χ2v) is 8.34. The monoisotopic (exact) mass is 438 g/mol. The van der Waals surface area contributed by atoms with E-state index in [1.807, 2.05) is 6.07 Å². The number of carbonyl (C=O) groups excluding carboxylic acids is 1. The molecule has 0 amide bonds. The number of methoxy groups -OCH3 is 1. The molecule has 0 saturated carbocycles. The summed E-state index contributed by atoms with van der Waals surface area (Å²) in [5, 5.41) is 11.1. The molecular formula is C24H23FN2O5. The Morgan fingerprint density at radius 2 is 2.09 bits per heavy atom. The molecule has 2 aliphatic rings. The van der Waals surface area contributed by atoms with E-state index in [2.05, 4.69) is 0 Å². The third kappa shape index (κ3) is 3.13. The number of hydrogen-bond donors (Lipinski definition) is 1. The number of pyridine rings is 2. The van der Waals surface area contributed by atoms with Gasteiger partial charge in [-0.2, -0.15) is 0 Å². The number of aromatic nitrogens is 2. The van der Waals surface area contributed by atoms with Crippen molar-refractivity contribution in [2.75, 3.05) is 13.7 Å². The summed E-state index contributed by atoms with van der Waals surface area (Å²) in [6.45, 7) is 2.59. The van der Waals surface area contributed by atoms with E-state index in [0.29, 0.717) is 42.0 Å². The minimum atomic E-state index is -1.50. The molecule has 0 saturated heterocycles. The Morgan fingerprint density at radius 1 is 1.28 bits per heavy atom. The van der Waals surface area contributed by atoms with Crippen LogP contribution in [-0.2, 0) is 33.8 Å². The topological polar surface area (TPSA) is 90.7 Å². The lowest BCUT2D eigenvalue weighted by atomic mass is 9.95. The smallest absolute Gasteiger partial charge is 0.340 e. The fourth-order valence-electron chi connectivity index (χ4n) is 4.68. The van der Waals surface area contributed by atoms with Crippen LogP contribution in [-0.4, -0.2) is 34.3 Å². The third-order valence-corrected chi connectivity index (χ3v) is 6.44. The summed E-state index contributed by atoms with van der Waals surface area (Å²) in [7, 11) is 1.66. The van der Waals surface area contributed by atoms with Crippen molar-refractivity contribution < 1.29 is 23.8 Å². The third-order valence-electron chi connectivity index (χ3n) is 6.44. The van der Waals surface area contributed by atoms with Crippen molar-refractivity contribution in [3.05, 3.63) is 62.2 Å².